The number of nitrogens with zero attached hydrogens (tertiary/aromatic N) is 2. The fraction of sp³-hybridized carbons (Fsp3) is 0.533. The van der Waals surface area contributed by atoms with Gasteiger partial charge in [0, 0.05) is 19.6 Å². The van der Waals surface area contributed by atoms with Gasteiger partial charge in [0.2, 0.25) is 15.9 Å². The molecule has 7 heteroatoms. The molecule has 118 valence electrons. The van der Waals surface area contributed by atoms with E-state index in [-0.39, 0.29) is 16.8 Å². The fourth-order valence-corrected chi connectivity index (χ4v) is 5.19. The van der Waals surface area contributed by atoms with Crippen LogP contribution in [0.1, 0.15) is 25.7 Å². The summed E-state index contributed by atoms with van der Waals surface area (Å²) in [6, 6.07) is 5.00. The van der Waals surface area contributed by atoms with Gasteiger partial charge in [-0.25, -0.2) is 8.42 Å². The molecular formula is C15H19N3O3S. The van der Waals surface area contributed by atoms with Crippen LogP contribution in [0.25, 0.3) is 0 Å². The van der Waals surface area contributed by atoms with E-state index < -0.39 is 10.0 Å². The smallest absolute Gasteiger partial charge is 0.247 e. The van der Waals surface area contributed by atoms with E-state index in [4.69, 9.17) is 0 Å². The maximum Gasteiger partial charge on any atom is 0.247 e. The molecule has 3 heterocycles. The molecule has 0 aliphatic carbocycles. The van der Waals surface area contributed by atoms with Crippen LogP contribution in [0.4, 0.5) is 11.4 Å². The van der Waals surface area contributed by atoms with Crippen molar-refractivity contribution in [2.45, 2.75) is 36.6 Å². The van der Waals surface area contributed by atoms with Gasteiger partial charge in [-0.3, -0.25) is 4.79 Å². The maximum absolute atomic E-state index is 12.6. The van der Waals surface area contributed by atoms with Crippen LogP contribution in [0, 0.1) is 0 Å². The van der Waals surface area contributed by atoms with E-state index >= 15 is 0 Å². The second-order valence-electron chi connectivity index (χ2n) is 6.13. The van der Waals surface area contributed by atoms with Gasteiger partial charge in [-0.15, -0.1) is 0 Å². The van der Waals surface area contributed by atoms with Crippen LogP contribution >= 0.6 is 0 Å². The van der Waals surface area contributed by atoms with Gasteiger partial charge in [-0.2, -0.15) is 4.31 Å². The van der Waals surface area contributed by atoms with Gasteiger partial charge in [-0.05, 0) is 43.9 Å². The van der Waals surface area contributed by atoms with Crippen molar-refractivity contribution in [3.05, 3.63) is 18.2 Å². The predicted octanol–water partition coefficient (Wildman–Crippen LogP) is 1.39. The highest BCUT2D eigenvalue weighted by Gasteiger charge is 2.37. The molecule has 22 heavy (non-hydrogen) atoms. The average molecular weight is 321 g/mol. The second-order valence-corrected chi connectivity index (χ2v) is 8.07. The van der Waals surface area contributed by atoms with Gasteiger partial charge in [0.1, 0.15) is 6.04 Å². The summed E-state index contributed by atoms with van der Waals surface area (Å²) in [4.78, 5) is 14.5. The molecule has 0 spiro atoms. The number of sulfonamides is 1. The SMILES string of the molecule is O=C1Nc2cc(S(=O)(=O)N3CCCC3)ccc2N2CCC[C@@H]12. The van der Waals surface area contributed by atoms with E-state index in [1.165, 1.54) is 4.31 Å². The quantitative estimate of drug-likeness (QED) is 0.894. The van der Waals surface area contributed by atoms with Crippen molar-refractivity contribution in [3.63, 3.8) is 0 Å². The minimum absolute atomic E-state index is 0.0271. The van der Waals surface area contributed by atoms with Crippen molar-refractivity contribution >= 4 is 27.3 Å². The van der Waals surface area contributed by atoms with Crippen LogP contribution in [-0.2, 0) is 14.8 Å². The standard InChI is InChI=1S/C15H19N3O3S/c19-15-14-4-3-9-18(14)13-6-5-11(10-12(13)16-15)22(20,21)17-7-1-2-8-17/h5-6,10,14H,1-4,7-9H2,(H,16,19)/t14-/m0/s1. The molecule has 1 aromatic rings. The number of hydrogen-bond acceptors (Lipinski definition) is 4. The van der Waals surface area contributed by atoms with E-state index in [1.54, 1.807) is 12.1 Å². The monoisotopic (exact) mass is 321 g/mol. The summed E-state index contributed by atoms with van der Waals surface area (Å²) in [6.45, 7) is 2.02. The number of anilines is 2. The first kappa shape index (κ1) is 14.0. The molecular weight excluding hydrogens is 302 g/mol. The summed E-state index contributed by atoms with van der Waals surface area (Å²) >= 11 is 0. The lowest BCUT2D eigenvalue weighted by Gasteiger charge is -2.33. The van der Waals surface area contributed by atoms with Crippen molar-refractivity contribution in [1.82, 2.24) is 4.31 Å². The predicted molar refractivity (Wildman–Crippen MR) is 83.4 cm³/mol. The van der Waals surface area contributed by atoms with Crippen molar-refractivity contribution in [3.8, 4) is 0 Å². The zero-order valence-corrected chi connectivity index (χ0v) is 13.1. The molecule has 0 aromatic heterocycles. The lowest BCUT2D eigenvalue weighted by molar-refractivity contribution is -0.117. The Morgan fingerprint density at radius 2 is 1.86 bits per heavy atom. The first-order valence-corrected chi connectivity index (χ1v) is 9.23. The Morgan fingerprint density at radius 1 is 1.09 bits per heavy atom. The molecule has 1 aromatic carbocycles. The highest BCUT2D eigenvalue weighted by molar-refractivity contribution is 7.89. The van der Waals surface area contributed by atoms with Gasteiger partial charge >= 0.3 is 0 Å². The van der Waals surface area contributed by atoms with E-state index in [0.29, 0.717) is 18.8 Å². The highest BCUT2D eigenvalue weighted by atomic mass is 32.2. The molecule has 2 saturated heterocycles. The second kappa shape index (κ2) is 4.96. The Morgan fingerprint density at radius 3 is 2.64 bits per heavy atom. The van der Waals surface area contributed by atoms with Crippen molar-refractivity contribution in [2.24, 2.45) is 0 Å². The van der Waals surface area contributed by atoms with E-state index in [0.717, 1.165) is 37.9 Å². The normalized spacial score (nSPS) is 25.0. The minimum atomic E-state index is -3.45. The molecule has 1 amide bonds. The molecule has 1 atom stereocenters. The fourth-order valence-electron chi connectivity index (χ4n) is 3.65. The van der Waals surface area contributed by atoms with Crippen LogP contribution in [0.3, 0.4) is 0 Å². The molecule has 3 aliphatic rings. The Bertz CT molecular complexity index is 726. The van der Waals surface area contributed by atoms with Crippen LogP contribution < -0.4 is 10.2 Å². The van der Waals surface area contributed by atoms with Gasteiger partial charge in [0.15, 0.2) is 0 Å². The lowest BCUT2D eigenvalue weighted by atomic mass is 10.1. The number of carbonyl (C=O) groups is 1. The number of benzene rings is 1. The third-order valence-electron chi connectivity index (χ3n) is 4.79. The van der Waals surface area contributed by atoms with Gasteiger partial charge < -0.3 is 10.2 Å². The summed E-state index contributed by atoms with van der Waals surface area (Å²) in [5.74, 6) is -0.0271. The van der Waals surface area contributed by atoms with Crippen molar-refractivity contribution in [2.75, 3.05) is 29.9 Å². The summed E-state index contributed by atoms with van der Waals surface area (Å²) in [5, 5.41) is 2.87. The Balaban J connectivity index is 1.73. The van der Waals surface area contributed by atoms with Crippen molar-refractivity contribution < 1.29 is 13.2 Å². The number of hydrogen-bond donors (Lipinski definition) is 1. The lowest BCUT2D eigenvalue weighted by Crippen LogP contribution is -2.44. The molecule has 4 rings (SSSR count). The number of fused-ring (bicyclic) bond motifs is 3. The molecule has 0 saturated carbocycles. The van der Waals surface area contributed by atoms with Crippen LogP contribution in [-0.4, -0.2) is 44.3 Å². The summed E-state index contributed by atoms with van der Waals surface area (Å²) in [7, 11) is -3.45. The minimum Gasteiger partial charge on any atom is -0.358 e. The first-order valence-electron chi connectivity index (χ1n) is 7.79. The summed E-state index contributed by atoms with van der Waals surface area (Å²) in [5.41, 5.74) is 1.55. The summed E-state index contributed by atoms with van der Waals surface area (Å²) in [6.07, 6.45) is 3.68. The number of carbonyl (C=O) groups excluding carboxylic acids is 1. The first-order chi connectivity index (χ1) is 10.6. The number of amides is 1. The molecule has 0 unspecified atom stereocenters. The molecule has 6 nitrogen and oxygen atoms in total. The molecule has 3 aliphatic heterocycles. The zero-order valence-electron chi connectivity index (χ0n) is 12.3. The molecule has 2 fully saturated rings. The zero-order chi connectivity index (χ0) is 15.3. The van der Waals surface area contributed by atoms with Gasteiger partial charge in [0.05, 0.1) is 16.3 Å². The topological polar surface area (TPSA) is 69.7 Å². The van der Waals surface area contributed by atoms with Crippen molar-refractivity contribution in [1.29, 1.82) is 0 Å². The third-order valence-corrected chi connectivity index (χ3v) is 6.69. The van der Waals surface area contributed by atoms with Crippen LogP contribution in [0.15, 0.2) is 23.1 Å². The molecule has 1 N–H and O–H groups in total. The number of rotatable bonds is 2. The Kier molecular flexibility index (Phi) is 3.16. The molecule has 0 radical (unpaired) electrons. The maximum atomic E-state index is 12.6. The van der Waals surface area contributed by atoms with Crippen LogP contribution in [0.5, 0.6) is 0 Å². The third kappa shape index (κ3) is 2.03. The van der Waals surface area contributed by atoms with E-state index in [9.17, 15) is 13.2 Å². The van der Waals surface area contributed by atoms with Gasteiger partial charge in [-0.1, -0.05) is 0 Å². The average Bonchev–Trinajstić information content (AvgIpc) is 3.19. The Hall–Kier alpha value is -1.60. The largest absolute Gasteiger partial charge is 0.358 e. The molecule has 0 bridgehead atoms. The summed E-state index contributed by atoms with van der Waals surface area (Å²) < 4.78 is 26.8. The Labute approximate surface area is 130 Å². The van der Waals surface area contributed by atoms with Gasteiger partial charge in [0.25, 0.3) is 0 Å². The van der Waals surface area contributed by atoms with E-state index in [2.05, 4.69) is 10.2 Å². The highest BCUT2D eigenvalue weighted by Crippen LogP contribution is 2.38. The van der Waals surface area contributed by atoms with Crippen LogP contribution in [0.2, 0.25) is 0 Å². The number of nitrogens with one attached hydrogen (secondary N) is 1. The van der Waals surface area contributed by atoms with E-state index in [1.807, 2.05) is 6.07 Å².